The Kier molecular flexibility index (Phi) is 4.56. The van der Waals surface area contributed by atoms with Gasteiger partial charge in [-0.05, 0) is 46.3 Å². The van der Waals surface area contributed by atoms with Crippen LogP contribution >= 0.6 is 27.3 Å². The van der Waals surface area contributed by atoms with Crippen molar-refractivity contribution in [2.45, 2.75) is 39.5 Å². The number of hydrogen-bond donors (Lipinski definition) is 0. The monoisotopic (exact) mass is 304 g/mol. The lowest BCUT2D eigenvalue weighted by atomic mass is 9.82. The number of ether oxygens (including phenoxy) is 1. The molecule has 0 aliphatic heterocycles. The third kappa shape index (κ3) is 2.86. The lowest BCUT2D eigenvalue weighted by Crippen LogP contribution is -2.18. The van der Waals surface area contributed by atoms with Crippen LogP contribution in [0, 0.1) is 0 Å². The Hall–Kier alpha value is -0.350. The third-order valence-corrected chi connectivity index (χ3v) is 4.39. The van der Waals surface area contributed by atoms with E-state index >= 15 is 0 Å². The van der Waals surface area contributed by atoms with Gasteiger partial charge in [-0.1, -0.05) is 20.8 Å². The molecule has 90 valence electrons. The third-order valence-electron chi connectivity index (χ3n) is 2.78. The minimum absolute atomic E-state index is 0.00458. The predicted molar refractivity (Wildman–Crippen MR) is 71.3 cm³/mol. The topological polar surface area (TPSA) is 26.3 Å². The van der Waals surface area contributed by atoms with Crippen LogP contribution in [0.15, 0.2) is 9.85 Å². The van der Waals surface area contributed by atoms with E-state index in [0.29, 0.717) is 6.61 Å². The molecule has 1 heterocycles. The van der Waals surface area contributed by atoms with Crippen molar-refractivity contribution in [3.8, 4) is 0 Å². The minimum Gasteiger partial charge on any atom is -0.462 e. The van der Waals surface area contributed by atoms with Crippen molar-refractivity contribution >= 4 is 33.2 Å². The molecule has 0 amide bonds. The van der Waals surface area contributed by atoms with Crippen LogP contribution in [-0.4, -0.2) is 12.6 Å². The van der Waals surface area contributed by atoms with Gasteiger partial charge in [0.1, 0.15) is 4.88 Å². The molecule has 0 unspecified atom stereocenters. The number of rotatable bonds is 4. The van der Waals surface area contributed by atoms with Crippen LogP contribution in [-0.2, 0) is 10.2 Å². The van der Waals surface area contributed by atoms with E-state index < -0.39 is 0 Å². The van der Waals surface area contributed by atoms with Gasteiger partial charge in [-0.3, -0.25) is 0 Å². The van der Waals surface area contributed by atoms with Crippen LogP contribution < -0.4 is 0 Å². The average molecular weight is 305 g/mol. The molecular formula is C12H17BrO2S. The summed E-state index contributed by atoms with van der Waals surface area (Å²) in [7, 11) is 0. The summed E-state index contributed by atoms with van der Waals surface area (Å²) in [5, 5.41) is 0. The molecule has 0 saturated carbocycles. The Labute approximate surface area is 109 Å². The highest BCUT2D eigenvalue weighted by molar-refractivity contribution is 9.11. The van der Waals surface area contributed by atoms with E-state index in [9.17, 15) is 4.79 Å². The summed E-state index contributed by atoms with van der Waals surface area (Å²) >= 11 is 4.88. The standard InChI is InChI=1S/C12H17BrO2S/c1-5-12(3,4)8-7-9(13)16-10(8)11(14)15-6-2/h7H,5-6H2,1-4H3. The second kappa shape index (κ2) is 5.32. The van der Waals surface area contributed by atoms with Crippen molar-refractivity contribution in [2.24, 2.45) is 0 Å². The second-order valence-corrected chi connectivity index (χ2v) is 6.68. The highest BCUT2D eigenvalue weighted by atomic mass is 79.9. The minimum atomic E-state index is -0.213. The Bertz CT molecular complexity index is 382. The number of thiophene rings is 1. The first-order chi connectivity index (χ1) is 7.42. The van der Waals surface area contributed by atoms with Gasteiger partial charge < -0.3 is 4.74 Å². The number of carbonyl (C=O) groups is 1. The normalized spacial score (nSPS) is 11.6. The SMILES string of the molecule is CCOC(=O)c1sc(Br)cc1C(C)(C)CC. The van der Waals surface area contributed by atoms with Gasteiger partial charge in [0.25, 0.3) is 0 Å². The van der Waals surface area contributed by atoms with Crippen molar-refractivity contribution in [1.82, 2.24) is 0 Å². The molecular weight excluding hydrogens is 288 g/mol. The van der Waals surface area contributed by atoms with Crippen LogP contribution in [0.2, 0.25) is 0 Å². The highest BCUT2D eigenvalue weighted by Crippen LogP contribution is 2.37. The fraction of sp³-hybridized carbons (Fsp3) is 0.583. The van der Waals surface area contributed by atoms with Crippen LogP contribution in [0.5, 0.6) is 0 Å². The van der Waals surface area contributed by atoms with Gasteiger partial charge in [0, 0.05) is 0 Å². The first-order valence-corrected chi connectivity index (χ1v) is 7.00. The predicted octanol–water partition coefficient (Wildman–Crippen LogP) is 4.37. The van der Waals surface area contributed by atoms with Gasteiger partial charge in [-0.15, -0.1) is 11.3 Å². The summed E-state index contributed by atoms with van der Waals surface area (Å²) in [6, 6.07) is 2.03. The zero-order chi connectivity index (χ0) is 12.3. The number of halogens is 1. The van der Waals surface area contributed by atoms with E-state index in [4.69, 9.17) is 4.74 Å². The first kappa shape index (κ1) is 13.7. The van der Waals surface area contributed by atoms with Crippen molar-refractivity contribution in [1.29, 1.82) is 0 Å². The van der Waals surface area contributed by atoms with Crippen molar-refractivity contribution in [3.05, 3.63) is 20.3 Å². The summed E-state index contributed by atoms with van der Waals surface area (Å²) in [5.74, 6) is -0.213. The van der Waals surface area contributed by atoms with Crippen LogP contribution in [0.3, 0.4) is 0 Å². The van der Waals surface area contributed by atoms with Gasteiger partial charge in [-0.25, -0.2) is 4.79 Å². The zero-order valence-electron chi connectivity index (χ0n) is 10.1. The van der Waals surface area contributed by atoms with Crippen molar-refractivity contribution < 1.29 is 9.53 Å². The summed E-state index contributed by atoms with van der Waals surface area (Å²) in [5.41, 5.74) is 1.08. The largest absolute Gasteiger partial charge is 0.462 e. The Morgan fingerprint density at radius 1 is 1.50 bits per heavy atom. The van der Waals surface area contributed by atoms with Gasteiger partial charge in [0.05, 0.1) is 10.4 Å². The number of esters is 1. The molecule has 2 nitrogen and oxygen atoms in total. The van der Waals surface area contributed by atoms with Crippen LogP contribution in [0.4, 0.5) is 0 Å². The van der Waals surface area contributed by atoms with Crippen LogP contribution in [0.1, 0.15) is 49.4 Å². The molecule has 4 heteroatoms. The summed E-state index contributed by atoms with van der Waals surface area (Å²) in [6.07, 6.45) is 0.989. The van der Waals surface area contributed by atoms with Crippen molar-refractivity contribution in [3.63, 3.8) is 0 Å². The molecule has 0 fully saturated rings. The zero-order valence-corrected chi connectivity index (χ0v) is 12.5. The lowest BCUT2D eigenvalue weighted by Gasteiger charge is -2.22. The molecule has 16 heavy (non-hydrogen) atoms. The van der Waals surface area contributed by atoms with E-state index in [1.165, 1.54) is 11.3 Å². The smallest absolute Gasteiger partial charge is 0.348 e. The maximum atomic E-state index is 11.8. The molecule has 0 aromatic carbocycles. The summed E-state index contributed by atoms with van der Waals surface area (Å²) < 4.78 is 6.05. The van der Waals surface area contributed by atoms with E-state index in [2.05, 4.69) is 36.7 Å². The second-order valence-electron chi connectivity index (χ2n) is 4.25. The molecule has 0 radical (unpaired) electrons. The fourth-order valence-electron chi connectivity index (χ4n) is 1.40. The van der Waals surface area contributed by atoms with Gasteiger partial charge in [0.15, 0.2) is 0 Å². The fourth-order valence-corrected chi connectivity index (χ4v) is 3.08. The molecule has 0 spiro atoms. The Morgan fingerprint density at radius 3 is 2.62 bits per heavy atom. The maximum Gasteiger partial charge on any atom is 0.348 e. The molecule has 1 aromatic rings. The van der Waals surface area contributed by atoms with E-state index in [1.54, 1.807) is 0 Å². The quantitative estimate of drug-likeness (QED) is 0.772. The lowest BCUT2D eigenvalue weighted by molar-refractivity contribution is 0.0529. The van der Waals surface area contributed by atoms with Crippen molar-refractivity contribution in [2.75, 3.05) is 6.61 Å². The van der Waals surface area contributed by atoms with E-state index in [-0.39, 0.29) is 11.4 Å². The van der Waals surface area contributed by atoms with Gasteiger partial charge in [-0.2, -0.15) is 0 Å². The van der Waals surface area contributed by atoms with E-state index in [0.717, 1.165) is 20.6 Å². The molecule has 0 atom stereocenters. The molecule has 0 aliphatic carbocycles. The molecule has 1 aromatic heterocycles. The Morgan fingerprint density at radius 2 is 2.12 bits per heavy atom. The number of carbonyl (C=O) groups excluding carboxylic acids is 1. The highest BCUT2D eigenvalue weighted by Gasteiger charge is 2.27. The molecule has 0 saturated heterocycles. The average Bonchev–Trinajstić information content (AvgIpc) is 2.61. The maximum absolute atomic E-state index is 11.8. The van der Waals surface area contributed by atoms with Gasteiger partial charge in [0.2, 0.25) is 0 Å². The molecule has 0 aliphatic rings. The Balaban J connectivity index is 3.14. The van der Waals surface area contributed by atoms with E-state index in [1.807, 2.05) is 13.0 Å². The first-order valence-electron chi connectivity index (χ1n) is 5.39. The summed E-state index contributed by atoms with van der Waals surface area (Å²) in [4.78, 5) is 12.5. The van der Waals surface area contributed by atoms with Crippen LogP contribution in [0.25, 0.3) is 0 Å². The molecule has 0 N–H and O–H groups in total. The summed E-state index contributed by atoms with van der Waals surface area (Å²) in [6.45, 7) is 8.65. The number of hydrogen-bond acceptors (Lipinski definition) is 3. The molecule has 1 rings (SSSR count). The van der Waals surface area contributed by atoms with Gasteiger partial charge >= 0.3 is 5.97 Å². The molecule has 0 bridgehead atoms.